The second-order valence-electron chi connectivity index (χ2n) is 9.15. The molecule has 1 unspecified atom stereocenters. The second-order valence-corrected chi connectivity index (χ2v) is 9.15. The summed E-state index contributed by atoms with van der Waals surface area (Å²) in [5, 5.41) is 13.2. The Balaban J connectivity index is 1.83. The van der Waals surface area contributed by atoms with Crippen LogP contribution < -0.4 is 20.7 Å². The lowest BCUT2D eigenvalue weighted by atomic mass is 10.1. The first kappa shape index (κ1) is 28.9. The summed E-state index contributed by atoms with van der Waals surface area (Å²) in [6.07, 6.45) is 4.87. The highest BCUT2D eigenvalue weighted by atomic mass is 16.5. The number of amides is 2. The molecule has 2 aromatic carbocycles. The second kappa shape index (κ2) is 13.2. The zero-order valence-corrected chi connectivity index (χ0v) is 22.9. The van der Waals surface area contributed by atoms with Crippen LogP contribution in [0, 0.1) is 5.92 Å². The van der Waals surface area contributed by atoms with Gasteiger partial charge >= 0.3 is 0 Å². The minimum Gasteiger partial charge on any atom is -0.495 e. The predicted octanol–water partition coefficient (Wildman–Crippen LogP) is 4.78. The molecule has 0 saturated heterocycles. The Labute approximate surface area is 228 Å². The van der Waals surface area contributed by atoms with Crippen LogP contribution in [0.5, 0.6) is 5.75 Å². The number of ether oxygens (including phenoxy) is 1. The molecule has 2 amide bonds. The van der Waals surface area contributed by atoms with Gasteiger partial charge in [-0.1, -0.05) is 39.5 Å². The maximum atomic E-state index is 13.1. The van der Waals surface area contributed by atoms with Gasteiger partial charge in [-0.2, -0.15) is 5.10 Å². The minimum atomic E-state index is -0.567. The summed E-state index contributed by atoms with van der Waals surface area (Å²) in [6.45, 7) is 9.55. The average molecular weight is 530 g/mol. The fourth-order valence-electron chi connectivity index (χ4n) is 3.94. The van der Waals surface area contributed by atoms with E-state index in [9.17, 15) is 14.4 Å². The van der Waals surface area contributed by atoms with Gasteiger partial charge in [-0.25, -0.2) is 4.68 Å². The number of nitrogens with one attached hydrogen (secondary N) is 3. The number of aryl methyl sites for hydroxylation is 1. The van der Waals surface area contributed by atoms with Crippen molar-refractivity contribution >= 4 is 35.2 Å². The number of hydrogen-bond donors (Lipinski definition) is 3. The van der Waals surface area contributed by atoms with Gasteiger partial charge in [0.25, 0.3) is 11.8 Å². The van der Waals surface area contributed by atoms with E-state index >= 15 is 0 Å². The van der Waals surface area contributed by atoms with Gasteiger partial charge in [-0.05, 0) is 60.9 Å². The number of anilines is 2. The van der Waals surface area contributed by atoms with E-state index in [0.29, 0.717) is 23.4 Å². The number of carbonyl (C=O) groups excluding carboxylic acids is 3. The maximum absolute atomic E-state index is 13.1. The fourth-order valence-corrected chi connectivity index (χ4v) is 3.94. The van der Waals surface area contributed by atoms with Crippen LogP contribution >= 0.6 is 0 Å². The molecular formula is C30H35N5O4. The highest BCUT2D eigenvalue weighted by molar-refractivity contribution is 6.03. The summed E-state index contributed by atoms with van der Waals surface area (Å²) in [6, 6.07) is 13.4. The van der Waals surface area contributed by atoms with Gasteiger partial charge in [0.2, 0.25) is 0 Å². The van der Waals surface area contributed by atoms with Gasteiger partial charge in [0.15, 0.2) is 5.69 Å². The molecule has 1 atom stereocenters. The minimum absolute atomic E-state index is 0.0191. The van der Waals surface area contributed by atoms with Crippen LogP contribution in [0.3, 0.4) is 0 Å². The lowest BCUT2D eigenvalue weighted by Gasteiger charge is -2.16. The Hall–Kier alpha value is -4.66. The molecule has 39 heavy (non-hydrogen) atoms. The largest absolute Gasteiger partial charge is 0.495 e. The highest BCUT2D eigenvalue weighted by Gasteiger charge is 2.19. The number of aldehydes is 1. The summed E-state index contributed by atoms with van der Waals surface area (Å²) < 4.78 is 7.25. The predicted molar refractivity (Wildman–Crippen MR) is 154 cm³/mol. The van der Waals surface area contributed by atoms with Gasteiger partial charge < -0.3 is 25.5 Å². The Morgan fingerprint density at radius 3 is 2.33 bits per heavy atom. The SMILES string of the molecule is C=C/C=C(/c1ccc(NC)c(OC)c1)n1nc(C(=O)Nc2ccc(C(=O)NC(C=O)C(C)C)cc2)cc1CC. The molecule has 3 rings (SSSR count). The summed E-state index contributed by atoms with van der Waals surface area (Å²) >= 11 is 0. The molecule has 204 valence electrons. The van der Waals surface area contributed by atoms with E-state index in [1.165, 1.54) is 0 Å². The van der Waals surface area contributed by atoms with E-state index in [2.05, 4.69) is 27.6 Å². The van der Waals surface area contributed by atoms with Gasteiger partial charge in [-0.15, -0.1) is 0 Å². The van der Waals surface area contributed by atoms with E-state index in [1.807, 2.05) is 52.1 Å². The molecule has 0 aliphatic carbocycles. The Morgan fingerprint density at radius 2 is 1.77 bits per heavy atom. The molecule has 1 aromatic heterocycles. The number of benzene rings is 2. The normalized spacial score (nSPS) is 12.0. The van der Waals surface area contributed by atoms with Crippen molar-refractivity contribution in [3.8, 4) is 5.75 Å². The quantitative estimate of drug-likeness (QED) is 0.230. The van der Waals surface area contributed by atoms with Crippen molar-refractivity contribution in [2.75, 3.05) is 24.8 Å². The number of allylic oxidation sites excluding steroid dienone is 2. The third kappa shape index (κ3) is 6.81. The molecule has 9 heteroatoms. The van der Waals surface area contributed by atoms with Crippen molar-refractivity contribution in [1.29, 1.82) is 0 Å². The van der Waals surface area contributed by atoms with Crippen LogP contribution in [-0.2, 0) is 11.2 Å². The van der Waals surface area contributed by atoms with Gasteiger partial charge in [0.1, 0.15) is 12.0 Å². The molecule has 0 bridgehead atoms. The van der Waals surface area contributed by atoms with Crippen LogP contribution in [0.1, 0.15) is 52.9 Å². The van der Waals surface area contributed by atoms with E-state index in [0.717, 1.165) is 28.9 Å². The molecular weight excluding hydrogens is 494 g/mol. The van der Waals surface area contributed by atoms with Gasteiger partial charge in [0.05, 0.1) is 24.5 Å². The summed E-state index contributed by atoms with van der Waals surface area (Å²) in [4.78, 5) is 36.8. The van der Waals surface area contributed by atoms with Crippen LogP contribution in [0.4, 0.5) is 11.4 Å². The van der Waals surface area contributed by atoms with Crippen LogP contribution in [0.2, 0.25) is 0 Å². The Kier molecular flexibility index (Phi) is 9.80. The maximum Gasteiger partial charge on any atom is 0.276 e. The molecule has 0 aliphatic heterocycles. The van der Waals surface area contributed by atoms with E-state index < -0.39 is 6.04 Å². The van der Waals surface area contributed by atoms with Crippen molar-refractivity contribution < 1.29 is 19.1 Å². The third-order valence-corrected chi connectivity index (χ3v) is 6.22. The Morgan fingerprint density at radius 1 is 1.08 bits per heavy atom. The fraction of sp³-hybridized carbons (Fsp3) is 0.267. The smallest absolute Gasteiger partial charge is 0.276 e. The number of carbonyl (C=O) groups is 3. The van der Waals surface area contributed by atoms with E-state index in [4.69, 9.17) is 4.74 Å². The molecule has 1 heterocycles. The van der Waals surface area contributed by atoms with Crippen LogP contribution in [-0.4, -0.2) is 48.1 Å². The Bertz CT molecular complexity index is 1370. The monoisotopic (exact) mass is 529 g/mol. The van der Waals surface area contributed by atoms with Crippen LogP contribution in [0.15, 0.2) is 67.3 Å². The number of rotatable bonds is 12. The first-order chi connectivity index (χ1) is 18.8. The highest BCUT2D eigenvalue weighted by Crippen LogP contribution is 2.30. The van der Waals surface area contributed by atoms with Crippen molar-refractivity contribution in [2.45, 2.75) is 33.2 Å². The molecule has 3 aromatic rings. The van der Waals surface area contributed by atoms with Crippen molar-refractivity contribution in [2.24, 2.45) is 5.92 Å². The van der Waals surface area contributed by atoms with Crippen molar-refractivity contribution in [3.05, 3.63) is 89.8 Å². The summed E-state index contributed by atoms with van der Waals surface area (Å²) in [7, 11) is 3.43. The number of aromatic nitrogens is 2. The average Bonchev–Trinajstić information content (AvgIpc) is 3.38. The topological polar surface area (TPSA) is 114 Å². The number of nitrogens with zero attached hydrogens (tertiary/aromatic N) is 2. The van der Waals surface area contributed by atoms with Crippen LogP contribution in [0.25, 0.3) is 5.70 Å². The van der Waals surface area contributed by atoms with Crippen molar-refractivity contribution in [3.63, 3.8) is 0 Å². The molecule has 3 N–H and O–H groups in total. The molecule has 9 nitrogen and oxygen atoms in total. The van der Waals surface area contributed by atoms with Gasteiger partial charge in [-0.3, -0.25) is 9.59 Å². The molecule has 0 spiro atoms. The zero-order valence-electron chi connectivity index (χ0n) is 22.9. The summed E-state index contributed by atoms with van der Waals surface area (Å²) in [5.74, 6) is -0.0842. The van der Waals surface area contributed by atoms with E-state index in [1.54, 1.807) is 48.2 Å². The lowest BCUT2D eigenvalue weighted by molar-refractivity contribution is -0.110. The van der Waals surface area contributed by atoms with E-state index in [-0.39, 0.29) is 23.4 Å². The van der Waals surface area contributed by atoms with Crippen molar-refractivity contribution in [1.82, 2.24) is 15.1 Å². The first-order valence-electron chi connectivity index (χ1n) is 12.7. The summed E-state index contributed by atoms with van der Waals surface area (Å²) in [5.41, 5.74) is 4.42. The first-order valence-corrected chi connectivity index (χ1v) is 12.7. The number of hydrogen-bond acceptors (Lipinski definition) is 6. The third-order valence-electron chi connectivity index (χ3n) is 6.22. The van der Waals surface area contributed by atoms with Gasteiger partial charge in [0, 0.05) is 29.6 Å². The standard InChI is InChI=1S/C30H35N5O4/c1-7-9-27(21-12-15-24(31-5)28(16-21)39-6)35-23(8-2)17-25(34-35)30(38)32-22-13-10-20(11-14-22)29(37)33-26(18-36)19(3)4/h7,9-19,26,31H,1,8H2,2-6H3,(H,32,38)(H,33,37)/b27-9-. The molecule has 0 saturated carbocycles. The molecule has 0 aliphatic rings. The molecule has 0 radical (unpaired) electrons. The zero-order chi connectivity index (χ0) is 28.5. The lowest BCUT2D eigenvalue weighted by Crippen LogP contribution is -2.39. The number of methoxy groups -OCH3 is 1. The molecule has 0 fully saturated rings.